The standard InChI is InChI=1S/C25H38N4O3/c1-15(2)20(28-22(30)16(3)26)23(31)29-14-13-17-11-12-19(21(17)29)27-24(32)25(4,5)18-9-7-6-8-10-18/h6-10,15-17,19-21H,11-14,26H2,1-5H3,(H,27,32)(H,28,30)/t16-,17?,19?,20?,21?/m0/s1. The van der Waals surface area contributed by atoms with Crippen LogP contribution in [0, 0.1) is 11.8 Å². The molecule has 1 aromatic carbocycles. The number of nitrogens with zero attached hydrogens (tertiary/aromatic N) is 1. The highest BCUT2D eigenvalue weighted by molar-refractivity contribution is 5.90. The van der Waals surface area contributed by atoms with Crippen LogP contribution in [-0.4, -0.2) is 53.3 Å². The molecule has 7 nitrogen and oxygen atoms in total. The Morgan fingerprint density at radius 2 is 1.72 bits per heavy atom. The van der Waals surface area contributed by atoms with E-state index < -0.39 is 17.5 Å². The summed E-state index contributed by atoms with van der Waals surface area (Å²) in [4.78, 5) is 40.8. The van der Waals surface area contributed by atoms with E-state index in [1.807, 2.05) is 62.9 Å². The van der Waals surface area contributed by atoms with Crippen molar-refractivity contribution in [1.29, 1.82) is 0 Å². The molecular weight excluding hydrogens is 404 g/mol. The SMILES string of the molecule is CC(C)C(NC(=O)[C@H](C)N)C(=O)N1CCC2CCC(NC(=O)C(C)(C)c3ccccc3)C21. The molecule has 7 heteroatoms. The molecule has 1 aliphatic carbocycles. The van der Waals surface area contributed by atoms with E-state index in [9.17, 15) is 14.4 Å². The van der Waals surface area contributed by atoms with Crippen LogP contribution < -0.4 is 16.4 Å². The van der Waals surface area contributed by atoms with Crippen LogP contribution >= 0.6 is 0 Å². The minimum Gasteiger partial charge on any atom is -0.351 e. The fourth-order valence-electron chi connectivity index (χ4n) is 5.03. The minimum absolute atomic E-state index is 0.0284. The van der Waals surface area contributed by atoms with Crippen LogP contribution in [0.3, 0.4) is 0 Å². The number of carbonyl (C=O) groups is 3. The minimum atomic E-state index is -0.672. The normalized spacial score (nSPS) is 24.7. The third-order valence-electron chi connectivity index (χ3n) is 7.15. The van der Waals surface area contributed by atoms with Gasteiger partial charge < -0.3 is 21.3 Å². The molecule has 176 valence electrons. The van der Waals surface area contributed by atoms with E-state index in [1.165, 1.54) is 0 Å². The van der Waals surface area contributed by atoms with E-state index in [1.54, 1.807) is 6.92 Å². The van der Waals surface area contributed by atoms with Crippen molar-refractivity contribution in [2.45, 2.75) is 83.5 Å². The van der Waals surface area contributed by atoms with Crippen molar-refractivity contribution < 1.29 is 14.4 Å². The fourth-order valence-corrected chi connectivity index (χ4v) is 5.03. The van der Waals surface area contributed by atoms with Crippen molar-refractivity contribution in [2.75, 3.05) is 6.54 Å². The molecule has 2 fully saturated rings. The maximum Gasteiger partial charge on any atom is 0.245 e. The highest BCUT2D eigenvalue weighted by Gasteiger charge is 2.49. The first-order valence-electron chi connectivity index (χ1n) is 11.8. The second-order valence-corrected chi connectivity index (χ2v) is 10.2. The molecule has 1 saturated carbocycles. The zero-order chi connectivity index (χ0) is 23.6. The zero-order valence-corrected chi connectivity index (χ0v) is 19.9. The number of fused-ring (bicyclic) bond motifs is 1. The van der Waals surface area contributed by atoms with Crippen LogP contribution in [0.4, 0.5) is 0 Å². The first kappa shape index (κ1) is 24.2. The third kappa shape index (κ3) is 4.82. The Balaban J connectivity index is 1.75. The summed E-state index contributed by atoms with van der Waals surface area (Å²) in [5.74, 6) is -0.116. The molecule has 4 unspecified atom stereocenters. The molecule has 0 spiro atoms. The highest BCUT2D eigenvalue weighted by atomic mass is 16.2. The summed E-state index contributed by atoms with van der Waals surface area (Å²) in [6.45, 7) is 9.97. The molecule has 1 aliphatic heterocycles. The van der Waals surface area contributed by atoms with Gasteiger partial charge in [0, 0.05) is 12.6 Å². The summed E-state index contributed by atoms with van der Waals surface area (Å²) in [5.41, 5.74) is 6.00. The van der Waals surface area contributed by atoms with E-state index in [-0.39, 0.29) is 35.7 Å². The number of nitrogens with one attached hydrogen (secondary N) is 2. The van der Waals surface area contributed by atoms with E-state index in [0.29, 0.717) is 12.5 Å². The van der Waals surface area contributed by atoms with Crippen molar-refractivity contribution in [3.05, 3.63) is 35.9 Å². The number of carbonyl (C=O) groups excluding carboxylic acids is 3. The molecule has 3 rings (SSSR count). The maximum atomic E-state index is 13.5. The van der Waals surface area contributed by atoms with Crippen molar-refractivity contribution in [3.8, 4) is 0 Å². The van der Waals surface area contributed by atoms with Crippen LogP contribution in [0.25, 0.3) is 0 Å². The molecule has 4 N–H and O–H groups in total. The first-order chi connectivity index (χ1) is 15.0. The van der Waals surface area contributed by atoms with Gasteiger partial charge in [0.05, 0.1) is 17.5 Å². The summed E-state index contributed by atoms with van der Waals surface area (Å²) < 4.78 is 0. The lowest BCUT2D eigenvalue weighted by atomic mass is 9.83. The third-order valence-corrected chi connectivity index (χ3v) is 7.15. The molecule has 0 radical (unpaired) electrons. The zero-order valence-electron chi connectivity index (χ0n) is 19.9. The Kier molecular flexibility index (Phi) is 7.28. The van der Waals surface area contributed by atoms with Gasteiger partial charge in [-0.05, 0) is 57.4 Å². The Bertz CT molecular complexity index is 837. The van der Waals surface area contributed by atoms with Gasteiger partial charge in [-0.3, -0.25) is 14.4 Å². The van der Waals surface area contributed by atoms with Gasteiger partial charge in [-0.2, -0.15) is 0 Å². The lowest BCUT2D eigenvalue weighted by Gasteiger charge is -2.35. The van der Waals surface area contributed by atoms with Gasteiger partial charge in [-0.1, -0.05) is 44.2 Å². The Hall–Kier alpha value is -2.41. The smallest absolute Gasteiger partial charge is 0.245 e. The quantitative estimate of drug-likeness (QED) is 0.600. The number of hydrogen-bond acceptors (Lipinski definition) is 4. The molecule has 32 heavy (non-hydrogen) atoms. The van der Waals surface area contributed by atoms with E-state index in [2.05, 4.69) is 10.6 Å². The fraction of sp³-hybridized carbons (Fsp3) is 0.640. The van der Waals surface area contributed by atoms with Crippen molar-refractivity contribution in [2.24, 2.45) is 17.6 Å². The topological polar surface area (TPSA) is 105 Å². The van der Waals surface area contributed by atoms with Crippen molar-refractivity contribution in [1.82, 2.24) is 15.5 Å². The van der Waals surface area contributed by atoms with E-state index in [4.69, 9.17) is 5.73 Å². The number of nitrogens with two attached hydrogens (primary N) is 1. The molecule has 2 aliphatic rings. The van der Waals surface area contributed by atoms with Gasteiger partial charge in [-0.25, -0.2) is 0 Å². The molecule has 1 aromatic rings. The monoisotopic (exact) mass is 442 g/mol. The Labute approximate surface area is 191 Å². The summed E-state index contributed by atoms with van der Waals surface area (Å²) in [6, 6.07) is 8.35. The summed E-state index contributed by atoms with van der Waals surface area (Å²) >= 11 is 0. The number of benzene rings is 1. The van der Waals surface area contributed by atoms with Gasteiger partial charge in [-0.15, -0.1) is 0 Å². The van der Waals surface area contributed by atoms with Crippen LogP contribution in [0.15, 0.2) is 30.3 Å². The Morgan fingerprint density at radius 1 is 1.06 bits per heavy atom. The van der Waals surface area contributed by atoms with Crippen LogP contribution in [0.5, 0.6) is 0 Å². The van der Waals surface area contributed by atoms with Gasteiger partial charge >= 0.3 is 0 Å². The van der Waals surface area contributed by atoms with Gasteiger partial charge in [0.2, 0.25) is 17.7 Å². The summed E-state index contributed by atoms with van der Waals surface area (Å²) in [6.07, 6.45) is 2.77. The number of rotatable bonds is 7. The first-order valence-corrected chi connectivity index (χ1v) is 11.8. The van der Waals surface area contributed by atoms with E-state index in [0.717, 1.165) is 24.8 Å². The molecule has 1 heterocycles. The second kappa shape index (κ2) is 9.61. The van der Waals surface area contributed by atoms with Gasteiger partial charge in [0.25, 0.3) is 0 Å². The molecule has 3 amide bonds. The lowest BCUT2D eigenvalue weighted by Crippen LogP contribution is -2.58. The lowest BCUT2D eigenvalue weighted by molar-refractivity contribution is -0.139. The van der Waals surface area contributed by atoms with Crippen molar-refractivity contribution in [3.63, 3.8) is 0 Å². The predicted octanol–water partition coefficient (Wildman–Crippen LogP) is 1.95. The summed E-state index contributed by atoms with van der Waals surface area (Å²) in [5, 5.41) is 6.09. The van der Waals surface area contributed by atoms with Crippen LogP contribution in [0.1, 0.15) is 59.4 Å². The number of likely N-dealkylation sites (tertiary alicyclic amines) is 1. The van der Waals surface area contributed by atoms with Gasteiger partial charge in [0.15, 0.2) is 0 Å². The predicted molar refractivity (Wildman–Crippen MR) is 125 cm³/mol. The summed E-state index contributed by atoms with van der Waals surface area (Å²) in [7, 11) is 0. The van der Waals surface area contributed by atoms with Crippen LogP contribution in [-0.2, 0) is 19.8 Å². The second-order valence-electron chi connectivity index (χ2n) is 10.2. The molecule has 5 atom stereocenters. The Morgan fingerprint density at radius 3 is 2.31 bits per heavy atom. The average molecular weight is 443 g/mol. The largest absolute Gasteiger partial charge is 0.351 e. The molecule has 0 bridgehead atoms. The number of hydrogen-bond donors (Lipinski definition) is 3. The average Bonchev–Trinajstić information content (AvgIpc) is 3.34. The molecule has 1 saturated heterocycles. The van der Waals surface area contributed by atoms with E-state index >= 15 is 0 Å². The van der Waals surface area contributed by atoms with Gasteiger partial charge in [0.1, 0.15) is 6.04 Å². The highest BCUT2D eigenvalue weighted by Crippen LogP contribution is 2.39. The molecular formula is C25H38N4O3. The molecule has 0 aromatic heterocycles. The van der Waals surface area contributed by atoms with Crippen molar-refractivity contribution >= 4 is 17.7 Å². The number of amides is 3. The van der Waals surface area contributed by atoms with Crippen LogP contribution in [0.2, 0.25) is 0 Å². The maximum absolute atomic E-state index is 13.5.